The first-order chi connectivity index (χ1) is 9.06. The monoisotopic (exact) mass is 312 g/mol. The molecule has 0 spiro atoms. The average Bonchev–Trinajstić information content (AvgIpc) is 2.37. The number of carbonyl (C=O) groups is 1. The molecule has 0 amide bonds. The Morgan fingerprint density at radius 2 is 1.42 bits per heavy atom. The first kappa shape index (κ1) is 14.4. The van der Waals surface area contributed by atoms with Gasteiger partial charge >= 0.3 is 0 Å². The molecule has 19 heavy (non-hydrogen) atoms. The second-order valence-corrected chi connectivity index (χ2v) is 5.47. The highest BCUT2D eigenvalue weighted by Gasteiger charge is 2.11. The predicted molar refractivity (Wildman–Crippen MR) is 80.3 cm³/mol. The summed E-state index contributed by atoms with van der Waals surface area (Å²) < 4.78 is 0. The largest absolute Gasteiger partial charge is 0.299 e. The Balaban J connectivity index is 2.07. The molecule has 2 aromatic rings. The fourth-order valence-corrected chi connectivity index (χ4v) is 2.45. The Morgan fingerprint density at radius 1 is 0.842 bits per heavy atom. The second-order valence-electron chi connectivity index (χ2n) is 4.22. The molecule has 0 fully saturated rings. The highest BCUT2D eigenvalue weighted by atomic mass is 35.5. The van der Waals surface area contributed by atoms with Gasteiger partial charge in [0.25, 0.3) is 0 Å². The van der Waals surface area contributed by atoms with Crippen LogP contribution in [0.3, 0.4) is 0 Å². The third-order valence-corrected chi connectivity index (χ3v) is 3.71. The van der Waals surface area contributed by atoms with Gasteiger partial charge in [-0.3, -0.25) is 4.79 Å². The molecule has 0 N–H and O–H groups in total. The Labute approximate surface area is 127 Å². The minimum Gasteiger partial charge on any atom is -0.299 e. The van der Waals surface area contributed by atoms with Crippen molar-refractivity contribution in [3.8, 4) is 0 Å². The maximum absolute atomic E-state index is 12.0. The van der Waals surface area contributed by atoms with E-state index in [9.17, 15) is 4.79 Å². The zero-order valence-corrected chi connectivity index (χ0v) is 12.3. The number of rotatable bonds is 4. The van der Waals surface area contributed by atoms with Gasteiger partial charge in [0.05, 0.1) is 0 Å². The number of hydrogen-bond donors (Lipinski definition) is 0. The molecule has 1 nitrogen and oxygen atoms in total. The molecule has 0 aliphatic rings. The van der Waals surface area contributed by atoms with Gasteiger partial charge in [0.15, 0.2) is 0 Å². The normalized spacial score (nSPS) is 10.5. The molecular formula is C15H11Cl3O. The number of carbonyl (C=O) groups excluding carboxylic acids is 1. The van der Waals surface area contributed by atoms with E-state index in [2.05, 4.69) is 0 Å². The molecule has 0 bridgehead atoms. The van der Waals surface area contributed by atoms with Crippen LogP contribution in [0.1, 0.15) is 11.1 Å². The minimum absolute atomic E-state index is 0.0670. The maximum Gasteiger partial charge on any atom is 0.141 e. The fraction of sp³-hybridized carbons (Fsp3) is 0.133. The Hall–Kier alpha value is -1.02. The molecule has 0 saturated carbocycles. The van der Waals surface area contributed by atoms with Gasteiger partial charge in [-0.25, -0.2) is 0 Å². The first-order valence-electron chi connectivity index (χ1n) is 5.75. The smallest absolute Gasteiger partial charge is 0.141 e. The minimum atomic E-state index is 0.0670. The molecule has 98 valence electrons. The van der Waals surface area contributed by atoms with Crippen molar-refractivity contribution in [1.29, 1.82) is 0 Å². The van der Waals surface area contributed by atoms with E-state index >= 15 is 0 Å². The molecule has 0 aliphatic heterocycles. The van der Waals surface area contributed by atoms with Crippen LogP contribution in [0.2, 0.25) is 15.1 Å². The zero-order valence-electron chi connectivity index (χ0n) is 10.00. The second kappa shape index (κ2) is 6.42. The van der Waals surface area contributed by atoms with Crippen molar-refractivity contribution < 1.29 is 4.79 Å². The molecule has 0 atom stereocenters. The molecule has 4 heteroatoms. The van der Waals surface area contributed by atoms with E-state index in [1.807, 2.05) is 12.1 Å². The van der Waals surface area contributed by atoms with Gasteiger partial charge in [-0.15, -0.1) is 0 Å². The van der Waals surface area contributed by atoms with Crippen LogP contribution >= 0.6 is 34.8 Å². The molecular weight excluding hydrogens is 303 g/mol. The van der Waals surface area contributed by atoms with Crippen LogP contribution in [-0.4, -0.2) is 5.78 Å². The van der Waals surface area contributed by atoms with E-state index in [-0.39, 0.29) is 12.2 Å². The SMILES string of the molecule is O=C(Cc1ccc(Cl)cc1)Cc1c(Cl)cccc1Cl. The molecule has 0 unspecified atom stereocenters. The average molecular weight is 314 g/mol. The summed E-state index contributed by atoms with van der Waals surface area (Å²) in [6.07, 6.45) is 0.583. The summed E-state index contributed by atoms with van der Waals surface area (Å²) in [6, 6.07) is 12.5. The van der Waals surface area contributed by atoms with Crippen LogP contribution in [-0.2, 0) is 17.6 Å². The Bertz CT molecular complexity index is 571. The van der Waals surface area contributed by atoms with Gasteiger partial charge < -0.3 is 0 Å². The van der Waals surface area contributed by atoms with E-state index in [1.54, 1.807) is 30.3 Å². The summed E-state index contributed by atoms with van der Waals surface area (Å²) in [5, 5.41) is 1.71. The van der Waals surface area contributed by atoms with Gasteiger partial charge in [0, 0.05) is 27.9 Å². The Kier molecular flexibility index (Phi) is 4.87. The van der Waals surface area contributed by atoms with Crippen LogP contribution in [0.4, 0.5) is 0 Å². The maximum atomic E-state index is 12.0. The topological polar surface area (TPSA) is 17.1 Å². The highest BCUT2D eigenvalue weighted by molar-refractivity contribution is 6.36. The van der Waals surface area contributed by atoms with E-state index in [0.717, 1.165) is 5.56 Å². The summed E-state index contributed by atoms with van der Waals surface area (Å²) in [7, 11) is 0. The third-order valence-electron chi connectivity index (χ3n) is 2.75. The van der Waals surface area contributed by atoms with Crippen LogP contribution in [0, 0.1) is 0 Å². The molecule has 0 saturated heterocycles. The molecule has 0 radical (unpaired) electrons. The summed E-state index contributed by atoms with van der Waals surface area (Å²) in [5.74, 6) is 0.0670. The number of halogens is 3. The highest BCUT2D eigenvalue weighted by Crippen LogP contribution is 2.25. The van der Waals surface area contributed by atoms with Crippen molar-refractivity contribution in [2.24, 2.45) is 0 Å². The zero-order chi connectivity index (χ0) is 13.8. The van der Waals surface area contributed by atoms with Gasteiger partial charge in [0.1, 0.15) is 5.78 Å². The molecule has 2 rings (SSSR count). The summed E-state index contributed by atoms with van der Waals surface area (Å²) in [6.45, 7) is 0. The number of ketones is 1. The van der Waals surface area contributed by atoms with Gasteiger partial charge in [0.2, 0.25) is 0 Å². The quantitative estimate of drug-likeness (QED) is 0.776. The third kappa shape index (κ3) is 3.97. The van der Waals surface area contributed by atoms with Crippen molar-refractivity contribution in [2.75, 3.05) is 0 Å². The van der Waals surface area contributed by atoms with Crippen molar-refractivity contribution in [1.82, 2.24) is 0 Å². The fourth-order valence-electron chi connectivity index (χ4n) is 1.79. The van der Waals surface area contributed by atoms with Crippen LogP contribution in [0.25, 0.3) is 0 Å². The predicted octanol–water partition coefficient (Wildman–Crippen LogP) is 5.00. The lowest BCUT2D eigenvalue weighted by Gasteiger charge is -2.06. The summed E-state index contributed by atoms with van der Waals surface area (Å²) in [5.41, 5.74) is 1.61. The Morgan fingerprint density at radius 3 is 2.00 bits per heavy atom. The standard InChI is InChI=1S/C15H11Cl3O/c16-11-6-4-10(5-7-11)8-12(19)9-13-14(17)2-1-3-15(13)18/h1-7H,8-9H2. The molecule has 0 aromatic heterocycles. The van der Waals surface area contributed by atoms with Crippen molar-refractivity contribution in [3.05, 3.63) is 68.7 Å². The van der Waals surface area contributed by atoms with E-state index < -0.39 is 0 Å². The molecule has 2 aromatic carbocycles. The number of Topliss-reactive ketones (excluding diaryl/α,β-unsaturated/α-hetero) is 1. The molecule has 0 aliphatic carbocycles. The van der Waals surface area contributed by atoms with Crippen molar-refractivity contribution in [2.45, 2.75) is 12.8 Å². The van der Waals surface area contributed by atoms with Crippen LogP contribution in [0.5, 0.6) is 0 Å². The van der Waals surface area contributed by atoms with Crippen LogP contribution < -0.4 is 0 Å². The van der Waals surface area contributed by atoms with Gasteiger partial charge in [-0.2, -0.15) is 0 Å². The lowest BCUT2D eigenvalue weighted by molar-refractivity contribution is -0.117. The first-order valence-corrected chi connectivity index (χ1v) is 6.88. The lowest BCUT2D eigenvalue weighted by Crippen LogP contribution is -2.07. The molecule has 0 heterocycles. The van der Waals surface area contributed by atoms with E-state index in [0.29, 0.717) is 27.1 Å². The van der Waals surface area contributed by atoms with Crippen molar-refractivity contribution >= 4 is 40.6 Å². The van der Waals surface area contributed by atoms with Crippen molar-refractivity contribution in [3.63, 3.8) is 0 Å². The number of hydrogen-bond acceptors (Lipinski definition) is 1. The van der Waals surface area contributed by atoms with E-state index in [1.165, 1.54) is 0 Å². The van der Waals surface area contributed by atoms with Gasteiger partial charge in [-0.05, 0) is 35.4 Å². The summed E-state index contributed by atoms with van der Waals surface area (Å²) in [4.78, 5) is 12.0. The lowest BCUT2D eigenvalue weighted by atomic mass is 10.0. The van der Waals surface area contributed by atoms with Crippen LogP contribution in [0.15, 0.2) is 42.5 Å². The number of benzene rings is 2. The van der Waals surface area contributed by atoms with E-state index in [4.69, 9.17) is 34.8 Å². The summed E-state index contributed by atoms with van der Waals surface area (Å²) >= 11 is 17.9. The van der Waals surface area contributed by atoms with Gasteiger partial charge in [-0.1, -0.05) is 53.0 Å².